The summed E-state index contributed by atoms with van der Waals surface area (Å²) in [7, 11) is 0. The second-order valence-electron chi connectivity index (χ2n) is 4.48. The Kier molecular flexibility index (Phi) is 4.24. The summed E-state index contributed by atoms with van der Waals surface area (Å²) in [6.07, 6.45) is 4.91. The first-order valence-corrected chi connectivity index (χ1v) is 6.83. The Labute approximate surface area is 109 Å². The van der Waals surface area contributed by atoms with Crippen molar-refractivity contribution in [2.75, 3.05) is 0 Å². The van der Waals surface area contributed by atoms with Crippen LogP contribution in [0.25, 0.3) is 0 Å². The zero-order valence-electron chi connectivity index (χ0n) is 9.83. The Morgan fingerprint density at radius 2 is 2.11 bits per heavy atom. The molecule has 6 nitrogen and oxygen atoms in total. The van der Waals surface area contributed by atoms with Crippen LogP contribution in [0.2, 0.25) is 0 Å². The Morgan fingerprint density at radius 3 is 2.67 bits per heavy atom. The molecule has 0 aromatic carbocycles. The summed E-state index contributed by atoms with van der Waals surface area (Å²) in [6, 6.07) is -0.820. The van der Waals surface area contributed by atoms with Crippen LogP contribution in [0.1, 0.15) is 42.6 Å². The fourth-order valence-electron chi connectivity index (χ4n) is 2.33. The second kappa shape index (κ2) is 5.90. The summed E-state index contributed by atoms with van der Waals surface area (Å²) in [6.45, 7) is 0. The second-order valence-corrected chi connectivity index (χ2v) is 5.09. The van der Waals surface area contributed by atoms with Crippen LogP contribution in [0.5, 0.6) is 0 Å². The molecule has 1 aromatic heterocycles. The van der Waals surface area contributed by atoms with Gasteiger partial charge in [0, 0.05) is 5.38 Å². The van der Waals surface area contributed by atoms with E-state index < -0.39 is 17.9 Å². The van der Waals surface area contributed by atoms with Gasteiger partial charge >= 0.3 is 5.97 Å². The number of amides is 1. The van der Waals surface area contributed by atoms with E-state index in [4.69, 9.17) is 0 Å². The van der Waals surface area contributed by atoms with E-state index >= 15 is 0 Å². The van der Waals surface area contributed by atoms with Crippen LogP contribution < -0.4 is 5.32 Å². The van der Waals surface area contributed by atoms with Gasteiger partial charge in [0.1, 0.15) is 6.04 Å². The van der Waals surface area contributed by atoms with Crippen molar-refractivity contribution in [2.24, 2.45) is 5.92 Å². The molecule has 1 amide bonds. The van der Waals surface area contributed by atoms with Gasteiger partial charge in [0.05, 0.1) is 0 Å². The van der Waals surface area contributed by atoms with Crippen molar-refractivity contribution in [1.82, 2.24) is 14.9 Å². The van der Waals surface area contributed by atoms with E-state index in [9.17, 15) is 14.7 Å². The van der Waals surface area contributed by atoms with Gasteiger partial charge in [-0.2, -0.15) is 0 Å². The molecule has 0 radical (unpaired) electrons. The topological polar surface area (TPSA) is 92.2 Å². The first kappa shape index (κ1) is 12.9. The minimum absolute atomic E-state index is 0.0202. The summed E-state index contributed by atoms with van der Waals surface area (Å²) in [5.74, 6) is -1.41. The molecule has 1 unspecified atom stereocenters. The van der Waals surface area contributed by atoms with Crippen LogP contribution in [0.3, 0.4) is 0 Å². The summed E-state index contributed by atoms with van der Waals surface area (Å²) >= 11 is 1.07. The Balaban J connectivity index is 2.02. The van der Waals surface area contributed by atoms with Crippen LogP contribution in [-0.4, -0.2) is 32.6 Å². The lowest BCUT2D eigenvalue weighted by molar-refractivity contribution is -0.141. The van der Waals surface area contributed by atoms with E-state index in [2.05, 4.69) is 14.9 Å². The molecule has 1 heterocycles. The molecule has 1 aromatic rings. The summed E-state index contributed by atoms with van der Waals surface area (Å²) < 4.78 is 3.59. The highest BCUT2D eigenvalue weighted by Gasteiger charge is 2.31. The van der Waals surface area contributed by atoms with Crippen LogP contribution in [0.4, 0.5) is 0 Å². The number of aromatic nitrogens is 2. The maximum Gasteiger partial charge on any atom is 0.326 e. The van der Waals surface area contributed by atoms with E-state index in [1.807, 2.05) is 0 Å². The molecule has 0 bridgehead atoms. The number of carboxylic acid groups (broad SMARTS) is 1. The molecule has 1 saturated carbocycles. The fourth-order valence-corrected chi connectivity index (χ4v) is 2.76. The number of nitrogens with one attached hydrogen (secondary N) is 1. The molecule has 7 heteroatoms. The molecule has 0 aliphatic heterocycles. The van der Waals surface area contributed by atoms with Crippen molar-refractivity contribution in [3.05, 3.63) is 11.1 Å². The molecule has 0 spiro atoms. The number of hydrogen-bond donors (Lipinski definition) is 2. The lowest BCUT2D eigenvalue weighted by Gasteiger charge is -2.27. The summed E-state index contributed by atoms with van der Waals surface area (Å²) in [5, 5.41) is 16.9. The molecule has 1 atom stereocenters. The van der Waals surface area contributed by atoms with Gasteiger partial charge < -0.3 is 10.4 Å². The van der Waals surface area contributed by atoms with Gasteiger partial charge in [-0.25, -0.2) is 4.79 Å². The molecule has 1 fully saturated rings. The standard InChI is InChI=1S/C11H15N3O3S/c15-10(8-6-18-14-13-8)12-9(11(16)17)7-4-2-1-3-5-7/h6-7,9H,1-5H2,(H,12,15)(H,16,17). The van der Waals surface area contributed by atoms with E-state index in [1.54, 1.807) is 0 Å². The molecule has 98 valence electrons. The number of carboxylic acids is 1. The molecule has 1 aliphatic rings. The number of aliphatic carboxylic acids is 1. The minimum atomic E-state index is -0.974. The van der Waals surface area contributed by atoms with Crippen molar-refractivity contribution in [3.8, 4) is 0 Å². The van der Waals surface area contributed by atoms with Crippen molar-refractivity contribution in [1.29, 1.82) is 0 Å². The first-order chi connectivity index (χ1) is 8.68. The van der Waals surface area contributed by atoms with Crippen LogP contribution in [-0.2, 0) is 4.79 Å². The lowest BCUT2D eigenvalue weighted by Crippen LogP contribution is -2.46. The van der Waals surface area contributed by atoms with Crippen molar-refractivity contribution in [3.63, 3.8) is 0 Å². The number of rotatable bonds is 4. The number of nitrogens with zero attached hydrogens (tertiary/aromatic N) is 2. The van der Waals surface area contributed by atoms with Crippen molar-refractivity contribution < 1.29 is 14.7 Å². The normalized spacial score (nSPS) is 18.2. The Morgan fingerprint density at radius 1 is 1.39 bits per heavy atom. The summed E-state index contributed by atoms with van der Waals surface area (Å²) in [4.78, 5) is 23.0. The van der Waals surface area contributed by atoms with Crippen LogP contribution >= 0.6 is 11.5 Å². The third kappa shape index (κ3) is 3.04. The van der Waals surface area contributed by atoms with Crippen LogP contribution in [0.15, 0.2) is 5.38 Å². The van der Waals surface area contributed by atoms with Gasteiger partial charge in [0.2, 0.25) is 0 Å². The first-order valence-electron chi connectivity index (χ1n) is 5.99. The van der Waals surface area contributed by atoms with E-state index in [-0.39, 0.29) is 11.6 Å². The van der Waals surface area contributed by atoms with Crippen molar-refractivity contribution >= 4 is 23.4 Å². The van der Waals surface area contributed by atoms with Crippen LogP contribution in [0, 0.1) is 5.92 Å². The smallest absolute Gasteiger partial charge is 0.326 e. The highest BCUT2D eigenvalue weighted by molar-refractivity contribution is 7.03. The molecule has 0 saturated heterocycles. The van der Waals surface area contributed by atoms with Gasteiger partial charge in [-0.05, 0) is 30.3 Å². The average molecular weight is 269 g/mol. The average Bonchev–Trinajstić information content (AvgIpc) is 2.90. The predicted molar refractivity (Wildman–Crippen MR) is 65.4 cm³/mol. The molecule has 2 rings (SSSR count). The SMILES string of the molecule is O=C(NC(C(=O)O)C1CCCCC1)c1csnn1. The molecular formula is C11H15N3O3S. The van der Waals surface area contributed by atoms with Gasteiger partial charge in [-0.15, -0.1) is 5.10 Å². The fraction of sp³-hybridized carbons (Fsp3) is 0.636. The molecule has 2 N–H and O–H groups in total. The number of hydrogen-bond acceptors (Lipinski definition) is 5. The predicted octanol–water partition coefficient (Wildman–Crippen LogP) is 1.30. The van der Waals surface area contributed by atoms with Gasteiger partial charge in [0.15, 0.2) is 5.69 Å². The zero-order chi connectivity index (χ0) is 13.0. The largest absolute Gasteiger partial charge is 0.480 e. The monoisotopic (exact) mass is 269 g/mol. The third-order valence-electron chi connectivity index (χ3n) is 3.27. The highest BCUT2D eigenvalue weighted by Crippen LogP contribution is 2.26. The maximum absolute atomic E-state index is 11.8. The third-order valence-corrected chi connectivity index (χ3v) is 3.77. The van der Waals surface area contributed by atoms with Gasteiger partial charge in [-0.1, -0.05) is 23.8 Å². The van der Waals surface area contributed by atoms with Gasteiger partial charge in [0.25, 0.3) is 5.91 Å². The van der Waals surface area contributed by atoms with E-state index in [1.165, 1.54) is 5.38 Å². The Bertz CT molecular complexity index is 415. The van der Waals surface area contributed by atoms with E-state index in [0.717, 1.165) is 43.6 Å². The highest BCUT2D eigenvalue weighted by atomic mass is 32.1. The minimum Gasteiger partial charge on any atom is -0.480 e. The number of carbonyl (C=O) groups excluding carboxylic acids is 1. The van der Waals surface area contributed by atoms with Crippen molar-refractivity contribution in [2.45, 2.75) is 38.1 Å². The van der Waals surface area contributed by atoms with E-state index in [0.29, 0.717) is 0 Å². The molecule has 18 heavy (non-hydrogen) atoms. The maximum atomic E-state index is 11.8. The lowest BCUT2D eigenvalue weighted by atomic mass is 9.84. The number of carbonyl (C=O) groups is 2. The summed E-state index contributed by atoms with van der Waals surface area (Å²) in [5.41, 5.74) is 0.182. The molecule has 1 aliphatic carbocycles. The van der Waals surface area contributed by atoms with Gasteiger partial charge in [-0.3, -0.25) is 4.79 Å². The zero-order valence-corrected chi connectivity index (χ0v) is 10.7. The Hall–Kier alpha value is -1.50. The molecular weight excluding hydrogens is 254 g/mol. The quantitative estimate of drug-likeness (QED) is 0.859.